The van der Waals surface area contributed by atoms with E-state index in [1.165, 1.54) is 0 Å². The molecule has 3 aromatic carbocycles. The molecule has 0 saturated heterocycles. The largest absolute Gasteiger partial charge is 0.328 e. The zero-order valence-corrected chi connectivity index (χ0v) is 17.6. The lowest BCUT2D eigenvalue weighted by Crippen LogP contribution is -2.28. The van der Waals surface area contributed by atoms with Crippen molar-refractivity contribution in [1.29, 1.82) is 0 Å². The average Bonchev–Trinajstić information content (AvgIpc) is 2.76. The van der Waals surface area contributed by atoms with Gasteiger partial charge in [-0.15, -0.1) is 0 Å². The monoisotopic (exact) mass is 407 g/mol. The summed E-state index contributed by atoms with van der Waals surface area (Å²) >= 11 is 0. The number of fused-ring (bicyclic) bond motifs is 2. The van der Waals surface area contributed by atoms with Crippen LogP contribution >= 0.6 is 0 Å². The molecule has 0 amide bonds. The van der Waals surface area contributed by atoms with Gasteiger partial charge < -0.3 is 4.57 Å². The van der Waals surface area contributed by atoms with E-state index in [9.17, 15) is 9.59 Å². The highest BCUT2D eigenvalue weighted by Gasteiger charge is 2.20. The molecule has 31 heavy (non-hydrogen) atoms. The van der Waals surface area contributed by atoms with Crippen molar-refractivity contribution in [1.82, 2.24) is 14.1 Å². The number of pyridine rings is 1. The van der Waals surface area contributed by atoms with Crippen LogP contribution in [0.15, 0.2) is 82.4 Å². The van der Waals surface area contributed by atoms with Gasteiger partial charge in [-0.3, -0.25) is 14.2 Å². The second-order valence-corrected chi connectivity index (χ2v) is 7.89. The Hall–Kier alpha value is -3.99. The lowest BCUT2D eigenvalue weighted by molar-refractivity contribution is 0.923. The fourth-order valence-corrected chi connectivity index (χ4v) is 4.26. The molecule has 152 valence electrons. The molecular formula is C26H21N3O2. The van der Waals surface area contributed by atoms with Gasteiger partial charge in [0.1, 0.15) is 11.2 Å². The van der Waals surface area contributed by atoms with Gasteiger partial charge in [-0.2, -0.15) is 0 Å². The normalized spacial score (nSPS) is 11.3. The number of hydrogen-bond donors (Lipinski definition) is 0. The quantitative estimate of drug-likeness (QED) is 0.404. The van der Waals surface area contributed by atoms with Crippen LogP contribution in [0.25, 0.3) is 39.0 Å². The van der Waals surface area contributed by atoms with Crippen molar-refractivity contribution in [2.24, 2.45) is 7.05 Å². The maximum atomic E-state index is 13.9. The van der Waals surface area contributed by atoms with Crippen molar-refractivity contribution >= 4 is 21.9 Å². The highest BCUT2D eigenvalue weighted by molar-refractivity contribution is 5.92. The predicted octanol–water partition coefficient (Wildman–Crippen LogP) is 4.52. The van der Waals surface area contributed by atoms with Gasteiger partial charge in [0.05, 0.1) is 11.2 Å². The second kappa shape index (κ2) is 7.06. The molecule has 0 N–H and O–H groups in total. The Bertz CT molecular complexity index is 1580. The molecule has 0 aliphatic carbocycles. The van der Waals surface area contributed by atoms with E-state index in [2.05, 4.69) is 6.07 Å². The van der Waals surface area contributed by atoms with Gasteiger partial charge in [0.2, 0.25) is 5.43 Å². The zero-order valence-electron chi connectivity index (χ0n) is 17.6. The summed E-state index contributed by atoms with van der Waals surface area (Å²) < 4.78 is 3.39. The Labute approximate surface area is 178 Å². The molecule has 0 unspecified atom stereocenters. The topological polar surface area (TPSA) is 56.9 Å². The van der Waals surface area contributed by atoms with Crippen molar-refractivity contribution in [2.75, 3.05) is 0 Å². The first-order chi connectivity index (χ1) is 15.0. The Morgan fingerprint density at radius 2 is 1.45 bits per heavy atom. The average molecular weight is 407 g/mol. The standard InChI is InChI=1S/C26H21N3O2/c1-16-13-17(2)15-19(14-16)29-24(18-9-5-4-6-10-18)27-25-22(26(29)31)23(30)20-11-7-8-12-21(20)28(25)3/h4-15H,1-3H3. The summed E-state index contributed by atoms with van der Waals surface area (Å²) in [6.07, 6.45) is 0. The van der Waals surface area contributed by atoms with Crippen LogP contribution in [0.3, 0.4) is 0 Å². The van der Waals surface area contributed by atoms with Crippen LogP contribution in [0.4, 0.5) is 0 Å². The van der Waals surface area contributed by atoms with E-state index < -0.39 is 0 Å². The van der Waals surface area contributed by atoms with Crippen LogP contribution in [0.2, 0.25) is 0 Å². The highest BCUT2D eigenvalue weighted by Crippen LogP contribution is 2.24. The van der Waals surface area contributed by atoms with Crippen LogP contribution < -0.4 is 11.0 Å². The van der Waals surface area contributed by atoms with E-state index in [0.29, 0.717) is 22.5 Å². The summed E-state index contributed by atoms with van der Waals surface area (Å²) in [6.45, 7) is 3.98. The summed E-state index contributed by atoms with van der Waals surface area (Å²) in [5, 5.41) is 0.607. The van der Waals surface area contributed by atoms with E-state index in [4.69, 9.17) is 4.98 Å². The van der Waals surface area contributed by atoms with Gasteiger partial charge in [-0.25, -0.2) is 4.98 Å². The Morgan fingerprint density at radius 3 is 2.16 bits per heavy atom. The first kappa shape index (κ1) is 19.0. The lowest BCUT2D eigenvalue weighted by atomic mass is 10.1. The summed E-state index contributed by atoms with van der Waals surface area (Å²) in [6, 6.07) is 22.8. The molecule has 0 bridgehead atoms. The number of aromatic nitrogens is 3. The van der Waals surface area contributed by atoms with E-state index in [1.54, 1.807) is 10.6 Å². The summed E-state index contributed by atoms with van der Waals surface area (Å²) in [5.74, 6) is 0.508. The van der Waals surface area contributed by atoms with Gasteiger partial charge in [0.25, 0.3) is 5.56 Å². The van der Waals surface area contributed by atoms with Crippen LogP contribution in [0.5, 0.6) is 0 Å². The third-order valence-electron chi connectivity index (χ3n) is 5.62. The molecular weight excluding hydrogens is 386 g/mol. The number of benzene rings is 3. The molecule has 2 heterocycles. The predicted molar refractivity (Wildman–Crippen MR) is 125 cm³/mol. The third kappa shape index (κ3) is 2.97. The molecule has 5 heteroatoms. The molecule has 0 atom stereocenters. The number of para-hydroxylation sites is 1. The Balaban J connectivity index is 2.03. The van der Waals surface area contributed by atoms with E-state index in [1.807, 2.05) is 86.1 Å². The minimum absolute atomic E-state index is 0.0973. The van der Waals surface area contributed by atoms with Crippen LogP contribution in [-0.4, -0.2) is 14.1 Å². The van der Waals surface area contributed by atoms with Crippen LogP contribution in [-0.2, 0) is 7.05 Å². The minimum atomic E-state index is -0.361. The number of rotatable bonds is 2. The second-order valence-electron chi connectivity index (χ2n) is 7.89. The smallest absolute Gasteiger partial charge is 0.271 e. The molecule has 0 fully saturated rings. The summed E-state index contributed by atoms with van der Waals surface area (Å²) in [5.41, 5.74) is 4.05. The SMILES string of the molecule is Cc1cc(C)cc(-n2c(-c3ccccc3)nc3c(c(=O)c4ccccc4n3C)c2=O)c1. The summed E-state index contributed by atoms with van der Waals surface area (Å²) in [4.78, 5) is 32.1. The van der Waals surface area contributed by atoms with Crippen LogP contribution in [0, 0.1) is 13.8 Å². The highest BCUT2D eigenvalue weighted by atomic mass is 16.1. The first-order valence-electron chi connectivity index (χ1n) is 10.1. The third-order valence-corrected chi connectivity index (χ3v) is 5.62. The van der Waals surface area contributed by atoms with Gasteiger partial charge in [-0.1, -0.05) is 48.5 Å². The lowest BCUT2D eigenvalue weighted by Gasteiger charge is -2.17. The number of hydrogen-bond acceptors (Lipinski definition) is 3. The summed E-state index contributed by atoms with van der Waals surface area (Å²) in [7, 11) is 1.84. The van der Waals surface area contributed by atoms with Crippen molar-refractivity contribution < 1.29 is 0 Å². The van der Waals surface area contributed by atoms with Gasteiger partial charge in [0.15, 0.2) is 5.65 Å². The van der Waals surface area contributed by atoms with Crippen molar-refractivity contribution in [2.45, 2.75) is 13.8 Å². The van der Waals surface area contributed by atoms with Crippen LogP contribution in [0.1, 0.15) is 11.1 Å². The van der Waals surface area contributed by atoms with Gasteiger partial charge in [0, 0.05) is 18.0 Å². The molecule has 2 aromatic heterocycles. The fraction of sp³-hybridized carbons (Fsp3) is 0.115. The maximum absolute atomic E-state index is 13.9. The molecule has 5 rings (SSSR count). The van der Waals surface area contributed by atoms with Gasteiger partial charge >= 0.3 is 0 Å². The number of aryl methyl sites for hydroxylation is 3. The van der Waals surface area contributed by atoms with Gasteiger partial charge in [-0.05, 0) is 49.2 Å². The van der Waals surface area contributed by atoms with Crippen molar-refractivity contribution in [3.8, 4) is 17.1 Å². The van der Waals surface area contributed by atoms with E-state index >= 15 is 0 Å². The van der Waals surface area contributed by atoms with E-state index in [-0.39, 0.29) is 16.4 Å². The first-order valence-corrected chi connectivity index (χ1v) is 10.1. The van der Waals surface area contributed by atoms with Crippen molar-refractivity contribution in [3.05, 3.63) is 105 Å². The molecule has 5 nitrogen and oxygen atoms in total. The molecule has 0 spiro atoms. The zero-order chi connectivity index (χ0) is 21.7. The maximum Gasteiger partial charge on any atom is 0.271 e. The Kier molecular flexibility index (Phi) is 4.33. The van der Waals surface area contributed by atoms with E-state index in [0.717, 1.165) is 22.2 Å². The fourth-order valence-electron chi connectivity index (χ4n) is 4.26. The minimum Gasteiger partial charge on any atom is -0.328 e. The molecule has 0 aliphatic rings. The Morgan fingerprint density at radius 1 is 0.806 bits per heavy atom. The molecule has 0 radical (unpaired) electrons. The number of nitrogens with zero attached hydrogens (tertiary/aromatic N) is 3. The van der Waals surface area contributed by atoms with Crippen molar-refractivity contribution in [3.63, 3.8) is 0 Å². The molecule has 0 aliphatic heterocycles. The molecule has 0 saturated carbocycles. The molecule has 5 aromatic rings.